The molecule has 4 heteroatoms. The Morgan fingerprint density at radius 3 is 2.67 bits per heavy atom. The number of halogens is 2. The molecule has 0 aliphatic rings. The fourth-order valence-electron chi connectivity index (χ4n) is 2.33. The minimum Gasteiger partial charge on any atom is -0.494 e. The van der Waals surface area contributed by atoms with Crippen LogP contribution in [-0.4, -0.2) is 13.7 Å². The first-order valence-electron chi connectivity index (χ1n) is 6.96. The molecular formula is C17H19ClFNO. The van der Waals surface area contributed by atoms with Gasteiger partial charge in [-0.25, -0.2) is 4.39 Å². The summed E-state index contributed by atoms with van der Waals surface area (Å²) in [7, 11) is 1.47. The normalized spacial score (nSPS) is 12.2. The average Bonchev–Trinajstić information content (AvgIpc) is 2.49. The fraction of sp³-hybridized carbons (Fsp3) is 0.294. The van der Waals surface area contributed by atoms with Crippen molar-refractivity contribution in [3.05, 3.63) is 64.4 Å². The van der Waals surface area contributed by atoms with E-state index in [-0.39, 0.29) is 17.6 Å². The third-order valence-electron chi connectivity index (χ3n) is 3.41. The first kappa shape index (κ1) is 15.8. The van der Waals surface area contributed by atoms with E-state index in [4.69, 9.17) is 16.3 Å². The third-order valence-corrected chi connectivity index (χ3v) is 3.78. The molecule has 1 N–H and O–H groups in total. The van der Waals surface area contributed by atoms with Gasteiger partial charge in [-0.05, 0) is 42.3 Å². The topological polar surface area (TPSA) is 21.3 Å². The zero-order valence-electron chi connectivity index (χ0n) is 12.2. The molecule has 0 bridgehead atoms. The van der Waals surface area contributed by atoms with Crippen LogP contribution in [0.1, 0.15) is 24.1 Å². The largest absolute Gasteiger partial charge is 0.494 e. The van der Waals surface area contributed by atoms with Gasteiger partial charge in [0.15, 0.2) is 11.6 Å². The highest BCUT2D eigenvalue weighted by Crippen LogP contribution is 2.27. The van der Waals surface area contributed by atoms with E-state index in [1.807, 2.05) is 31.2 Å². The van der Waals surface area contributed by atoms with Gasteiger partial charge in [0, 0.05) is 11.1 Å². The van der Waals surface area contributed by atoms with Crippen LogP contribution in [0.15, 0.2) is 42.5 Å². The zero-order valence-corrected chi connectivity index (χ0v) is 13.0. The molecule has 0 aliphatic carbocycles. The van der Waals surface area contributed by atoms with Crippen LogP contribution in [0.25, 0.3) is 0 Å². The van der Waals surface area contributed by atoms with Crippen LogP contribution in [0.3, 0.4) is 0 Å². The van der Waals surface area contributed by atoms with E-state index < -0.39 is 0 Å². The van der Waals surface area contributed by atoms with Gasteiger partial charge in [-0.1, -0.05) is 42.8 Å². The van der Waals surface area contributed by atoms with Crippen LogP contribution in [0, 0.1) is 5.82 Å². The second-order valence-corrected chi connectivity index (χ2v) is 5.21. The van der Waals surface area contributed by atoms with E-state index in [0.29, 0.717) is 0 Å². The Hall–Kier alpha value is -1.58. The van der Waals surface area contributed by atoms with E-state index in [1.54, 1.807) is 12.1 Å². The van der Waals surface area contributed by atoms with Gasteiger partial charge < -0.3 is 10.1 Å². The molecule has 2 aromatic carbocycles. The molecule has 0 fully saturated rings. The predicted octanol–water partition coefficient (Wildman–Crippen LogP) is 4.38. The van der Waals surface area contributed by atoms with Crippen LogP contribution in [-0.2, 0) is 6.42 Å². The number of benzene rings is 2. The SMILES string of the molecule is CCNC(Cc1ccccc1Cl)c1ccc(F)c(OC)c1. The van der Waals surface area contributed by atoms with Crippen molar-refractivity contribution in [2.24, 2.45) is 0 Å². The monoisotopic (exact) mass is 307 g/mol. The quantitative estimate of drug-likeness (QED) is 0.855. The van der Waals surface area contributed by atoms with Crippen molar-refractivity contribution in [1.82, 2.24) is 5.32 Å². The van der Waals surface area contributed by atoms with Crippen LogP contribution >= 0.6 is 11.6 Å². The lowest BCUT2D eigenvalue weighted by Crippen LogP contribution is -2.23. The minimum atomic E-state index is -0.353. The summed E-state index contributed by atoms with van der Waals surface area (Å²) >= 11 is 6.23. The van der Waals surface area contributed by atoms with Crippen LogP contribution in [0.4, 0.5) is 4.39 Å². The molecule has 21 heavy (non-hydrogen) atoms. The molecule has 1 unspecified atom stereocenters. The molecule has 0 aliphatic heterocycles. The smallest absolute Gasteiger partial charge is 0.165 e. The number of rotatable bonds is 6. The van der Waals surface area contributed by atoms with Gasteiger partial charge in [0.05, 0.1) is 7.11 Å². The van der Waals surface area contributed by atoms with Crippen molar-refractivity contribution in [1.29, 1.82) is 0 Å². The maximum Gasteiger partial charge on any atom is 0.165 e. The molecule has 2 rings (SSSR count). The van der Waals surface area contributed by atoms with Crippen molar-refractivity contribution in [2.45, 2.75) is 19.4 Å². The van der Waals surface area contributed by atoms with Gasteiger partial charge in [-0.2, -0.15) is 0 Å². The van der Waals surface area contributed by atoms with E-state index in [2.05, 4.69) is 5.32 Å². The van der Waals surface area contributed by atoms with Crippen LogP contribution in [0.2, 0.25) is 5.02 Å². The number of likely N-dealkylation sites (N-methyl/N-ethyl adjacent to an activating group) is 1. The molecular weight excluding hydrogens is 289 g/mol. The number of nitrogens with one attached hydrogen (secondary N) is 1. The van der Waals surface area contributed by atoms with Gasteiger partial charge in [0.25, 0.3) is 0 Å². The summed E-state index contributed by atoms with van der Waals surface area (Å²) in [5, 5.41) is 4.15. The number of methoxy groups -OCH3 is 1. The maximum absolute atomic E-state index is 13.5. The Labute approximate surface area is 129 Å². The van der Waals surface area contributed by atoms with E-state index in [1.165, 1.54) is 13.2 Å². The summed E-state index contributed by atoms with van der Waals surface area (Å²) < 4.78 is 18.6. The standard InChI is InChI=1S/C17H19ClFNO/c1-3-20-16(10-12-6-4-5-7-14(12)18)13-8-9-15(19)17(11-13)21-2/h4-9,11,16,20H,3,10H2,1-2H3. The van der Waals surface area contributed by atoms with Crippen molar-refractivity contribution in [2.75, 3.05) is 13.7 Å². The van der Waals surface area contributed by atoms with Crippen molar-refractivity contribution in [3.8, 4) is 5.75 Å². The average molecular weight is 308 g/mol. The fourth-order valence-corrected chi connectivity index (χ4v) is 2.54. The Bertz CT molecular complexity index is 603. The first-order chi connectivity index (χ1) is 10.2. The second kappa shape index (κ2) is 7.43. The molecule has 0 saturated heterocycles. The van der Waals surface area contributed by atoms with E-state index in [9.17, 15) is 4.39 Å². The van der Waals surface area contributed by atoms with Crippen LogP contribution < -0.4 is 10.1 Å². The first-order valence-corrected chi connectivity index (χ1v) is 7.33. The highest BCUT2D eigenvalue weighted by molar-refractivity contribution is 6.31. The summed E-state index contributed by atoms with van der Waals surface area (Å²) in [5.41, 5.74) is 2.04. The van der Waals surface area contributed by atoms with Gasteiger partial charge in [-0.3, -0.25) is 0 Å². The Kier molecular flexibility index (Phi) is 5.59. The Morgan fingerprint density at radius 1 is 1.24 bits per heavy atom. The molecule has 0 aromatic heterocycles. The molecule has 1 atom stereocenters. The minimum absolute atomic E-state index is 0.0596. The second-order valence-electron chi connectivity index (χ2n) is 4.80. The molecule has 0 heterocycles. The highest BCUT2D eigenvalue weighted by Gasteiger charge is 2.15. The molecule has 2 nitrogen and oxygen atoms in total. The highest BCUT2D eigenvalue weighted by atomic mass is 35.5. The summed E-state index contributed by atoms with van der Waals surface area (Å²) in [6.45, 7) is 2.86. The van der Waals surface area contributed by atoms with E-state index in [0.717, 1.165) is 29.1 Å². The number of hydrogen-bond acceptors (Lipinski definition) is 2. The number of ether oxygens (including phenoxy) is 1. The lowest BCUT2D eigenvalue weighted by atomic mass is 9.98. The molecule has 0 saturated carbocycles. The van der Waals surface area contributed by atoms with Gasteiger partial charge in [0.2, 0.25) is 0 Å². The Morgan fingerprint density at radius 2 is 2.00 bits per heavy atom. The molecule has 0 amide bonds. The summed E-state index contributed by atoms with van der Waals surface area (Å²) in [4.78, 5) is 0. The van der Waals surface area contributed by atoms with Crippen LogP contribution in [0.5, 0.6) is 5.75 Å². The maximum atomic E-state index is 13.5. The van der Waals surface area contributed by atoms with Crippen molar-refractivity contribution < 1.29 is 9.13 Å². The van der Waals surface area contributed by atoms with Crippen molar-refractivity contribution >= 4 is 11.6 Å². The third kappa shape index (κ3) is 3.96. The zero-order chi connectivity index (χ0) is 15.2. The molecule has 2 aromatic rings. The van der Waals surface area contributed by atoms with Gasteiger partial charge >= 0.3 is 0 Å². The Balaban J connectivity index is 2.28. The summed E-state index contributed by atoms with van der Waals surface area (Å²) in [5.74, 6) is -0.0937. The predicted molar refractivity (Wildman–Crippen MR) is 84.5 cm³/mol. The van der Waals surface area contributed by atoms with Gasteiger partial charge in [-0.15, -0.1) is 0 Å². The van der Waals surface area contributed by atoms with Crippen molar-refractivity contribution in [3.63, 3.8) is 0 Å². The van der Waals surface area contributed by atoms with Gasteiger partial charge in [0.1, 0.15) is 0 Å². The lowest BCUT2D eigenvalue weighted by molar-refractivity contribution is 0.384. The molecule has 112 valence electrons. The molecule has 0 spiro atoms. The number of hydrogen-bond donors (Lipinski definition) is 1. The molecule has 0 radical (unpaired) electrons. The lowest BCUT2D eigenvalue weighted by Gasteiger charge is -2.20. The summed E-state index contributed by atoms with van der Waals surface area (Å²) in [6, 6.07) is 12.8. The summed E-state index contributed by atoms with van der Waals surface area (Å²) in [6.07, 6.45) is 0.738. The van der Waals surface area contributed by atoms with E-state index >= 15 is 0 Å².